The molecular formula is C14H10BrN3S. The van der Waals surface area contributed by atoms with Crippen LogP contribution in [0.25, 0.3) is 22.4 Å². The van der Waals surface area contributed by atoms with Crippen molar-refractivity contribution >= 4 is 39.1 Å². The average molecular weight is 332 g/mol. The van der Waals surface area contributed by atoms with E-state index in [1.165, 1.54) is 5.56 Å². The third kappa shape index (κ3) is 2.31. The molecule has 0 saturated carbocycles. The minimum absolute atomic E-state index is 0.623. The van der Waals surface area contributed by atoms with Crippen LogP contribution in [0.2, 0.25) is 0 Å². The van der Waals surface area contributed by atoms with Gasteiger partial charge in [0.25, 0.3) is 0 Å². The van der Waals surface area contributed by atoms with Crippen LogP contribution in [0.4, 0.5) is 0 Å². The Morgan fingerprint density at radius 2 is 2.05 bits per heavy atom. The number of H-pyrrole nitrogens is 1. The molecule has 1 aromatic carbocycles. The first-order valence-electron chi connectivity index (χ1n) is 5.77. The van der Waals surface area contributed by atoms with E-state index in [4.69, 9.17) is 12.2 Å². The predicted octanol–water partition coefficient (Wildman–Crippen LogP) is 4.43. The van der Waals surface area contributed by atoms with Crippen LogP contribution in [-0.2, 0) is 0 Å². The highest BCUT2D eigenvalue weighted by Gasteiger charge is 2.06. The number of aromatic nitrogens is 3. The lowest BCUT2D eigenvalue weighted by Crippen LogP contribution is -1.94. The van der Waals surface area contributed by atoms with Crippen LogP contribution < -0.4 is 0 Å². The molecule has 0 radical (unpaired) electrons. The van der Waals surface area contributed by atoms with Crippen molar-refractivity contribution in [3.63, 3.8) is 0 Å². The summed E-state index contributed by atoms with van der Waals surface area (Å²) in [6.45, 7) is 2.07. The molecule has 2 aromatic heterocycles. The van der Waals surface area contributed by atoms with Crippen LogP contribution >= 0.6 is 28.1 Å². The number of para-hydroxylation sites is 1. The first-order valence-corrected chi connectivity index (χ1v) is 6.97. The molecule has 0 amide bonds. The number of hydrogen-bond donors (Lipinski definition) is 1. The van der Waals surface area contributed by atoms with Crippen molar-refractivity contribution in [3.8, 4) is 11.5 Å². The number of nitrogens with one attached hydrogen (secondary N) is 1. The maximum absolute atomic E-state index is 5.20. The summed E-state index contributed by atoms with van der Waals surface area (Å²) in [6.07, 6.45) is 1.69. The van der Waals surface area contributed by atoms with Gasteiger partial charge in [-0.2, -0.15) is 0 Å². The van der Waals surface area contributed by atoms with E-state index < -0.39 is 0 Å². The Balaban J connectivity index is 2.25. The van der Waals surface area contributed by atoms with Gasteiger partial charge in [0.15, 0.2) is 5.82 Å². The van der Waals surface area contributed by atoms with Crippen molar-refractivity contribution < 1.29 is 0 Å². The summed E-state index contributed by atoms with van der Waals surface area (Å²) in [5.41, 5.74) is 2.93. The smallest absolute Gasteiger partial charge is 0.157 e. The van der Waals surface area contributed by atoms with Gasteiger partial charge >= 0.3 is 0 Å². The summed E-state index contributed by atoms with van der Waals surface area (Å²) in [5, 5.41) is 1.15. The van der Waals surface area contributed by atoms with Crippen molar-refractivity contribution in [3.05, 3.63) is 51.2 Å². The van der Waals surface area contributed by atoms with E-state index in [-0.39, 0.29) is 0 Å². The van der Waals surface area contributed by atoms with Crippen LogP contribution in [0.1, 0.15) is 5.56 Å². The highest BCUT2D eigenvalue weighted by Crippen LogP contribution is 2.22. The van der Waals surface area contributed by atoms with Crippen molar-refractivity contribution in [2.24, 2.45) is 0 Å². The molecule has 0 aliphatic rings. The van der Waals surface area contributed by atoms with Crippen molar-refractivity contribution in [1.29, 1.82) is 0 Å². The number of benzene rings is 1. The Bertz CT molecular complexity index is 826. The predicted molar refractivity (Wildman–Crippen MR) is 82.6 cm³/mol. The Labute approximate surface area is 123 Å². The molecule has 0 spiro atoms. The van der Waals surface area contributed by atoms with Crippen LogP contribution in [0.5, 0.6) is 0 Å². The normalized spacial score (nSPS) is 10.8. The van der Waals surface area contributed by atoms with Gasteiger partial charge in [0, 0.05) is 11.6 Å². The highest BCUT2D eigenvalue weighted by molar-refractivity contribution is 9.10. The summed E-state index contributed by atoms with van der Waals surface area (Å²) in [4.78, 5) is 12.0. The molecule has 19 heavy (non-hydrogen) atoms. The first-order chi connectivity index (χ1) is 9.15. The molecule has 3 nitrogen and oxygen atoms in total. The standard InChI is InChI=1S/C14H10BrN3S/c1-8-6-12(13-16-7-10(15)14(19)18-13)17-11-5-3-2-4-9(8)11/h2-7H,1H3,(H,16,18,19). The van der Waals surface area contributed by atoms with Gasteiger partial charge in [0.2, 0.25) is 0 Å². The van der Waals surface area contributed by atoms with E-state index in [0.717, 1.165) is 21.1 Å². The largest absolute Gasteiger partial charge is 0.329 e. The zero-order valence-electron chi connectivity index (χ0n) is 10.1. The van der Waals surface area contributed by atoms with Gasteiger partial charge in [-0.25, -0.2) is 9.97 Å². The lowest BCUT2D eigenvalue weighted by molar-refractivity contribution is 1.12. The minimum Gasteiger partial charge on any atom is -0.329 e. The highest BCUT2D eigenvalue weighted by atomic mass is 79.9. The Hall–Kier alpha value is -1.59. The van der Waals surface area contributed by atoms with Crippen LogP contribution in [-0.4, -0.2) is 15.0 Å². The Morgan fingerprint density at radius 1 is 1.26 bits per heavy atom. The van der Waals surface area contributed by atoms with Gasteiger partial charge in [-0.05, 0) is 40.5 Å². The van der Waals surface area contributed by atoms with Crippen molar-refractivity contribution in [2.75, 3.05) is 0 Å². The zero-order valence-corrected chi connectivity index (χ0v) is 12.5. The summed E-state index contributed by atoms with van der Waals surface area (Å²) >= 11 is 8.54. The van der Waals surface area contributed by atoms with Gasteiger partial charge in [-0.15, -0.1) is 0 Å². The summed E-state index contributed by atoms with van der Waals surface area (Å²) in [6, 6.07) is 10.1. The molecule has 0 saturated heterocycles. The monoisotopic (exact) mass is 331 g/mol. The molecule has 5 heteroatoms. The summed E-state index contributed by atoms with van der Waals surface area (Å²) in [5.74, 6) is 0.682. The molecule has 3 aromatic rings. The van der Waals surface area contributed by atoms with E-state index >= 15 is 0 Å². The van der Waals surface area contributed by atoms with Crippen molar-refractivity contribution in [2.45, 2.75) is 6.92 Å². The molecule has 0 aliphatic heterocycles. The molecule has 2 heterocycles. The molecule has 3 rings (SSSR count). The molecular weight excluding hydrogens is 322 g/mol. The van der Waals surface area contributed by atoms with Crippen LogP contribution in [0, 0.1) is 11.6 Å². The number of aryl methyl sites for hydroxylation is 1. The average Bonchev–Trinajstić information content (AvgIpc) is 2.42. The van der Waals surface area contributed by atoms with E-state index in [1.807, 2.05) is 24.3 Å². The number of fused-ring (bicyclic) bond motifs is 1. The topological polar surface area (TPSA) is 41.6 Å². The van der Waals surface area contributed by atoms with E-state index in [2.05, 4.69) is 43.9 Å². The summed E-state index contributed by atoms with van der Waals surface area (Å²) in [7, 11) is 0. The maximum Gasteiger partial charge on any atom is 0.157 e. The van der Waals surface area contributed by atoms with Gasteiger partial charge in [0.1, 0.15) is 10.3 Å². The quantitative estimate of drug-likeness (QED) is 0.671. The fourth-order valence-corrected chi connectivity index (χ4v) is 2.33. The van der Waals surface area contributed by atoms with E-state index in [9.17, 15) is 0 Å². The molecule has 1 N–H and O–H groups in total. The maximum atomic E-state index is 5.20. The number of rotatable bonds is 1. The number of hydrogen-bond acceptors (Lipinski definition) is 3. The second kappa shape index (κ2) is 4.83. The van der Waals surface area contributed by atoms with E-state index in [1.54, 1.807) is 6.20 Å². The summed E-state index contributed by atoms with van der Waals surface area (Å²) < 4.78 is 1.40. The number of nitrogens with zero attached hydrogens (tertiary/aromatic N) is 2. The molecule has 0 bridgehead atoms. The van der Waals surface area contributed by atoms with E-state index in [0.29, 0.717) is 10.5 Å². The lowest BCUT2D eigenvalue weighted by atomic mass is 10.1. The second-order valence-electron chi connectivity index (χ2n) is 4.25. The number of pyridine rings is 1. The third-order valence-corrected chi connectivity index (χ3v) is 4.11. The van der Waals surface area contributed by atoms with Gasteiger partial charge in [-0.3, -0.25) is 0 Å². The molecule has 94 valence electrons. The second-order valence-corrected chi connectivity index (χ2v) is 5.51. The molecule has 0 fully saturated rings. The first kappa shape index (κ1) is 12.4. The minimum atomic E-state index is 0.623. The Kier molecular flexibility index (Phi) is 3.16. The van der Waals surface area contributed by atoms with Gasteiger partial charge in [0.05, 0.1) is 9.99 Å². The fourth-order valence-electron chi connectivity index (χ4n) is 1.98. The molecule has 0 aliphatic carbocycles. The van der Waals surface area contributed by atoms with Crippen molar-refractivity contribution in [1.82, 2.24) is 15.0 Å². The molecule has 0 atom stereocenters. The zero-order chi connectivity index (χ0) is 13.4. The molecule has 0 unspecified atom stereocenters. The van der Waals surface area contributed by atoms with Gasteiger partial charge in [-0.1, -0.05) is 30.4 Å². The number of halogens is 1. The van der Waals surface area contributed by atoms with Crippen LogP contribution in [0.15, 0.2) is 41.0 Å². The number of aromatic amines is 1. The van der Waals surface area contributed by atoms with Gasteiger partial charge < -0.3 is 4.98 Å². The Morgan fingerprint density at radius 3 is 2.84 bits per heavy atom. The lowest BCUT2D eigenvalue weighted by Gasteiger charge is -2.06. The third-order valence-electron chi connectivity index (χ3n) is 2.92. The fraction of sp³-hybridized carbons (Fsp3) is 0.0714. The van der Waals surface area contributed by atoms with Crippen LogP contribution in [0.3, 0.4) is 0 Å². The SMILES string of the molecule is Cc1cc(-c2ncc(Br)c(=S)[nH]2)nc2ccccc12.